The molecular weight excluding hydrogens is 248 g/mol. The minimum atomic E-state index is 0.0233. The Balaban J connectivity index is 1.76. The molecule has 0 saturated carbocycles. The second kappa shape index (κ2) is 6.85. The fraction of sp³-hybridized carbons (Fsp3) is 0.294. The molecule has 1 N–H and O–H groups in total. The third-order valence-corrected chi connectivity index (χ3v) is 3.17. The Hall–Kier alpha value is -2.16. The topological polar surface area (TPSA) is 42.0 Å². The highest BCUT2D eigenvalue weighted by atomic mass is 16.1. The molecule has 3 heteroatoms. The summed E-state index contributed by atoms with van der Waals surface area (Å²) in [4.78, 5) is 15.9. The standard InChI is InChI=1S/C17H20N2O/c1-13-6-8-15(9-7-13)4-3-5-17(20)19-16-12-14(2)10-11-18-16/h6-12H,3-5H2,1-2H3,(H,18,19,20). The first kappa shape index (κ1) is 14.3. The Bertz CT molecular complexity index is 576. The molecule has 1 aromatic carbocycles. The molecule has 1 amide bonds. The van der Waals surface area contributed by atoms with Crippen LogP contribution in [0.25, 0.3) is 0 Å². The van der Waals surface area contributed by atoms with Crippen LogP contribution >= 0.6 is 0 Å². The van der Waals surface area contributed by atoms with Crippen molar-refractivity contribution in [3.8, 4) is 0 Å². The van der Waals surface area contributed by atoms with E-state index in [1.54, 1.807) is 6.20 Å². The second-order valence-electron chi connectivity index (χ2n) is 5.11. The summed E-state index contributed by atoms with van der Waals surface area (Å²) < 4.78 is 0. The van der Waals surface area contributed by atoms with Crippen molar-refractivity contribution in [1.29, 1.82) is 0 Å². The molecule has 0 aliphatic heterocycles. The third kappa shape index (κ3) is 4.50. The van der Waals surface area contributed by atoms with Gasteiger partial charge in [-0.3, -0.25) is 4.79 Å². The number of aromatic nitrogens is 1. The van der Waals surface area contributed by atoms with E-state index in [2.05, 4.69) is 41.5 Å². The van der Waals surface area contributed by atoms with E-state index in [4.69, 9.17) is 0 Å². The van der Waals surface area contributed by atoms with E-state index >= 15 is 0 Å². The first-order chi connectivity index (χ1) is 9.63. The summed E-state index contributed by atoms with van der Waals surface area (Å²) in [7, 11) is 0. The van der Waals surface area contributed by atoms with E-state index in [1.807, 2.05) is 19.1 Å². The van der Waals surface area contributed by atoms with Gasteiger partial charge in [-0.15, -0.1) is 0 Å². The number of anilines is 1. The molecule has 20 heavy (non-hydrogen) atoms. The highest BCUT2D eigenvalue weighted by Gasteiger charge is 2.03. The predicted molar refractivity (Wildman–Crippen MR) is 81.7 cm³/mol. The number of hydrogen-bond donors (Lipinski definition) is 1. The van der Waals surface area contributed by atoms with Gasteiger partial charge >= 0.3 is 0 Å². The van der Waals surface area contributed by atoms with Gasteiger partial charge in [-0.2, -0.15) is 0 Å². The van der Waals surface area contributed by atoms with Gasteiger partial charge in [0.1, 0.15) is 5.82 Å². The van der Waals surface area contributed by atoms with Gasteiger partial charge in [0, 0.05) is 12.6 Å². The summed E-state index contributed by atoms with van der Waals surface area (Å²) >= 11 is 0. The number of hydrogen-bond acceptors (Lipinski definition) is 2. The quantitative estimate of drug-likeness (QED) is 0.899. The van der Waals surface area contributed by atoms with Crippen molar-refractivity contribution in [2.24, 2.45) is 0 Å². The summed E-state index contributed by atoms with van der Waals surface area (Å²) in [6.07, 6.45) is 4.00. The highest BCUT2D eigenvalue weighted by Crippen LogP contribution is 2.09. The molecule has 0 unspecified atom stereocenters. The number of nitrogens with one attached hydrogen (secondary N) is 1. The average molecular weight is 268 g/mol. The third-order valence-electron chi connectivity index (χ3n) is 3.17. The zero-order valence-electron chi connectivity index (χ0n) is 12.0. The van der Waals surface area contributed by atoms with Gasteiger partial charge < -0.3 is 5.32 Å². The molecule has 0 spiro atoms. The number of benzene rings is 1. The maximum atomic E-state index is 11.8. The van der Waals surface area contributed by atoms with Crippen molar-refractivity contribution < 1.29 is 4.79 Å². The van der Waals surface area contributed by atoms with Gasteiger partial charge in [0.2, 0.25) is 5.91 Å². The number of carbonyl (C=O) groups excluding carboxylic acids is 1. The SMILES string of the molecule is Cc1ccc(CCCC(=O)Nc2cc(C)ccn2)cc1. The van der Waals surface area contributed by atoms with Crippen molar-refractivity contribution >= 4 is 11.7 Å². The Morgan fingerprint density at radius 3 is 2.55 bits per heavy atom. The van der Waals surface area contributed by atoms with E-state index in [1.165, 1.54) is 11.1 Å². The van der Waals surface area contributed by atoms with Crippen LogP contribution in [0, 0.1) is 13.8 Å². The van der Waals surface area contributed by atoms with Gasteiger partial charge in [0.15, 0.2) is 0 Å². The van der Waals surface area contributed by atoms with Crippen LogP contribution < -0.4 is 5.32 Å². The zero-order chi connectivity index (χ0) is 14.4. The summed E-state index contributed by atoms with van der Waals surface area (Å²) in [6, 6.07) is 12.2. The molecule has 0 aliphatic carbocycles. The van der Waals surface area contributed by atoms with Crippen molar-refractivity contribution in [3.63, 3.8) is 0 Å². The summed E-state index contributed by atoms with van der Waals surface area (Å²) in [5.41, 5.74) is 3.63. The molecule has 1 heterocycles. The largest absolute Gasteiger partial charge is 0.311 e. The summed E-state index contributed by atoms with van der Waals surface area (Å²) in [5.74, 6) is 0.653. The number of aryl methyl sites for hydroxylation is 3. The summed E-state index contributed by atoms with van der Waals surface area (Å²) in [6.45, 7) is 4.06. The molecule has 0 radical (unpaired) electrons. The van der Waals surface area contributed by atoms with Gasteiger partial charge in [-0.25, -0.2) is 4.98 Å². The van der Waals surface area contributed by atoms with Crippen LogP contribution in [0.5, 0.6) is 0 Å². The van der Waals surface area contributed by atoms with Crippen molar-refractivity contribution in [2.45, 2.75) is 33.1 Å². The molecule has 0 bridgehead atoms. The van der Waals surface area contributed by atoms with Crippen LogP contribution in [0.1, 0.15) is 29.5 Å². The molecule has 104 valence electrons. The smallest absolute Gasteiger partial charge is 0.225 e. The highest BCUT2D eigenvalue weighted by molar-refractivity contribution is 5.89. The van der Waals surface area contributed by atoms with Crippen LogP contribution in [0.4, 0.5) is 5.82 Å². The molecule has 0 saturated heterocycles. The maximum absolute atomic E-state index is 11.8. The first-order valence-corrected chi connectivity index (χ1v) is 6.91. The lowest BCUT2D eigenvalue weighted by Crippen LogP contribution is -2.12. The van der Waals surface area contributed by atoms with Gasteiger partial charge in [0.25, 0.3) is 0 Å². The Morgan fingerprint density at radius 2 is 1.85 bits per heavy atom. The van der Waals surface area contributed by atoms with E-state index < -0.39 is 0 Å². The van der Waals surface area contributed by atoms with Crippen LogP contribution in [0.15, 0.2) is 42.6 Å². The van der Waals surface area contributed by atoms with E-state index in [-0.39, 0.29) is 5.91 Å². The lowest BCUT2D eigenvalue weighted by atomic mass is 10.1. The zero-order valence-corrected chi connectivity index (χ0v) is 12.0. The average Bonchev–Trinajstić information content (AvgIpc) is 2.41. The molecule has 0 aliphatic rings. The van der Waals surface area contributed by atoms with Crippen LogP contribution in [0.2, 0.25) is 0 Å². The normalized spacial score (nSPS) is 10.3. The molecule has 2 aromatic rings. The fourth-order valence-corrected chi connectivity index (χ4v) is 2.02. The molecule has 3 nitrogen and oxygen atoms in total. The van der Waals surface area contributed by atoms with Crippen LogP contribution in [0.3, 0.4) is 0 Å². The lowest BCUT2D eigenvalue weighted by Gasteiger charge is -2.05. The monoisotopic (exact) mass is 268 g/mol. The van der Waals surface area contributed by atoms with Gasteiger partial charge in [0.05, 0.1) is 0 Å². The molecule has 2 rings (SSSR count). The van der Waals surface area contributed by atoms with Crippen LogP contribution in [-0.2, 0) is 11.2 Å². The number of carbonyl (C=O) groups is 1. The maximum Gasteiger partial charge on any atom is 0.225 e. The fourth-order valence-electron chi connectivity index (χ4n) is 2.02. The van der Waals surface area contributed by atoms with E-state index in [0.717, 1.165) is 18.4 Å². The number of amides is 1. The van der Waals surface area contributed by atoms with Crippen molar-refractivity contribution in [2.75, 3.05) is 5.32 Å². The molecule has 0 fully saturated rings. The Morgan fingerprint density at radius 1 is 1.10 bits per heavy atom. The summed E-state index contributed by atoms with van der Waals surface area (Å²) in [5, 5.41) is 2.83. The Labute approximate surface area is 120 Å². The van der Waals surface area contributed by atoms with E-state index in [0.29, 0.717) is 12.2 Å². The second-order valence-corrected chi connectivity index (χ2v) is 5.11. The molecular formula is C17H20N2O. The number of pyridine rings is 1. The number of rotatable bonds is 5. The van der Waals surface area contributed by atoms with Gasteiger partial charge in [-0.05, 0) is 49.9 Å². The first-order valence-electron chi connectivity index (χ1n) is 6.91. The lowest BCUT2D eigenvalue weighted by molar-refractivity contribution is -0.116. The molecule has 0 atom stereocenters. The minimum absolute atomic E-state index is 0.0233. The number of nitrogens with zero attached hydrogens (tertiary/aromatic N) is 1. The Kier molecular flexibility index (Phi) is 4.88. The van der Waals surface area contributed by atoms with Crippen molar-refractivity contribution in [3.05, 3.63) is 59.3 Å². The van der Waals surface area contributed by atoms with E-state index in [9.17, 15) is 4.79 Å². The predicted octanol–water partition coefficient (Wildman–Crippen LogP) is 3.66. The minimum Gasteiger partial charge on any atom is -0.311 e. The van der Waals surface area contributed by atoms with Crippen LogP contribution in [-0.4, -0.2) is 10.9 Å². The van der Waals surface area contributed by atoms with Gasteiger partial charge in [-0.1, -0.05) is 29.8 Å². The molecule has 1 aromatic heterocycles. The van der Waals surface area contributed by atoms with Crippen molar-refractivity contribution in [1.82, 2.24) is 4.98 Å².